The van der Waals surface area contributed by atoms with Crippen molar-refractivity contribution in [1.82, 2.24) is 4.31 Å². The number of sulfonamides is 1. The molecular formula is C22H25N3O6S. The molecule has 1 aliphatic heterocycles. The van der Waals surface area contributed by atoms with Gasteiger partial charge in [0.15, 0.2) is 6.61 Å². The molecule has 2 aromatic carbocycles. The highest BCUT2D eigenvalue weighted by atomic mass is 32.2. The lowest BCUT2D eigenvalue weighted by Crippen LogP contribution is -2.40. The second kappa shape index (κ2) is 10.9. The first-order valence-corrected chi connectivity index (χ1v) is 11.6. The Kier molecular flexibility index (Phi) is 8.05. The maximum absolute atomic E-state index is 13.0. The zero-order valence-electron chi connectivity index (χ0n) is 17.7. The topological polar surface area (TPSA) is 118 Å². The van der Waals surface area contributed by atoms with Crippen LogP contribution in [0.15, 0.2) is 47.4 Å². The molecule has 10 heteroatoms. The van der Waals surface area contributed by atoms with Gasteiger partial charge >= 0.3 is 0 Å². The molecule has 1 aliphatic rings. The van der Waals surface area contributed by atoms with Crippen LogP contribution in [0.2, 0.25) is 0 Å². The zero-order valence-corrected chi connectivity index (χ0v) is 18.6. The van der Waals surface area contributed by atoms with Crippen LogP contribution < -0.4 is 14.8 Å². The highest BCUT2D eigenvalue weighted by molar-refractivity contribution is 7.89. The normalized spacial score (nSPS) is 14.4. The summed E-state index contributed by atoms with van der Waals surface area (Å²) < 4.78 is 43.5. The van der Waals surface area contributed by atoms with Crippen molar-refractivity contribution in [2.24, 2.45) is 0 Å². The molecule has 170 valence electrons. The molecule has 32 heavy (non-hydrogen) atoms. The third-order valence-corrected chi connectivity index (χ3v) is 6.60. The first-order chi connectivity index (χ1) is 15.4. The molecule has 0 bridgehead atoms. The molecular weight excluding hydrogens is 434 g/mol. The largest absolute Gasteiger partial charge is 0.492 e. The van der Waals surface area contributed by atoms with Crippen LogP contribution in [-0.4, -0.2) is 58.1 Å². The lowest BCUT2D eigenvalue weighted by Gasteiger charge is -2.26. The molecule has 1 amide bonds. The molecule has 0 radical (unpaired) electrons. The Morgan fingerprint density at radius 2 is 1.88 bits per heavy atom. The average molecular weight is 460 g/mol. The van der Waals surface area contributed by atoms with E-state index in [1.807, 2.05) is 0 Å². The summed E-state index contributed by atoms with van der Waals surface area (Å²) in [5, 5.41) is 11.4. The minimum Gasteiger partial charge on any atom is -0.492 e. The van der Waals surface area contributed by atoms with Gasteiger partial charge in [0.05, 0.1) is 42.9 Å². The number of hydrogen-bond donors (Lipinski definition) is 1. The highest BCUT2D eigenvalue weighted by Gasteiger charge is 2.27. The lowest BCUT2D eigenvalue weighted by molar-refractivity contribution is -0.118. The molecule has 0 aliphatic carbocycles. The van der Waals surface area contributed by atoms with Crippen LogP contribution in [-0.2, 0) is 26.0 Å². The number of carbonyl (C=O) groups is 1. The van der Waals surface area contributed by atoms with Crippen LogP contribution in [0.25, 0.3) is 0 Å². The van der Waals surface area contributed by atoms with E-state index in [-0.39, 0.29) is 30.3 Å². The second-order valence-electron chi connectivity index (χ2n) is 6.92. The SMILES string of the molecule is CCOc1ccc(S(=O)(=O)N2CCOCC2)cc1NC(=O)COc1ccc(CC#N)cc1. The quantitative estimate of drug-likeness (QED) is 0.611. The second-order valence-corrected chi connectivity index (χ2v) is 8.86. The number of nitrogens with zero attached hydrogens (tertiary/aromatic N) is 2. The number of amides is 1. The number of ether oxygens (including phenoxy) is 3. The molecule has 1 N–H and O–H groups in total. The first-order valence-electron chi connectivity index (χ1n) is 10.2. The minimum atomic E-state index is -3.72. The average Bonchev–Trinajstić information content (AvgIpc) is 2.80. The number of anilines is 1. The summed E-state index contributed by atoms with van der Waals surface area (Å²) in [4.78, 5) is 12.5. The third kappa shape index (κ3) is 5.97. The molecule has 0 atom stereocenters. The summed E-state index contributed by atoms with van der Waals surface area (Å²) >= 11 is 0. The van der Waals surface area contributed by atoms with Gasteiger partial charge in [-0.3, -0.25) is 4.79 Å². The molecule has 1 fully saturated rings. The number of rotatable bonds is 9. The van der Waals surface area contributed by atoms with Crippen molar-refractivity contribution in [2.45, 2.75) is 18.2 Å². The fraction of sp³-hybridized carbons (Fsp3) is 0.364. The fourth-order valence-corrected chi connectivity index (χ4v) is 4.55. The summed E-state index contributed by atoms with van der Waals surface area (Å²) in [5.74, 6) is 0.381. The van der Waals surface area contributed by atoms with Gasteiger partial charge in [0, 0.05) is 13.1 Å². The van der Waals surface area contributed by atoms with Gasteiger partial charge in [-0.15, -0.1) is 0 Å². The van der Waals surface area contributed by atoms with Gasteiger partial charge < -0.3 is 19.5 Å². The van der Waals surface area contributed by atoms with E-state index >= 15 is 0 Å². The van der Waals surface area contributed by atoms with E-state index < -0.39 is 15.9 Å². The van der Waals surface area contributed by atoms with Gasteiger partial charge in [0.25, 0.3) is 5.91 Å². The van der Waals surface area contributed by atoms with Crippen molar-refractivity contribution >= 4 is 21.6 Å². The Morgan fingerprint density at radius 3 is 2.53 bits per heavy atom. The minimum absolute atomic E-state index is 0.0622. The Bertz CT molecular complexity index is 1070. The maximum atomic E-state index is 13.0. The molecule has 1 saturated heterocycles. The Hall–Kier alpha value is -3.13. The van der Waals surface area contributed by atoms with Crippen LogP contribution in [0, 0.1) is 11.3 Å². The molecule has 9 nitrogen and oxygen atoms in total. The predicted octanol–water partition coefficient (Wildman–Crippen LogP) is 2.19. The van der Waals surface area contributed by atoms with Crippen LogP contribution in [0.5, 0.6) is 11.5 Å². The van der Waals surface area contributed by atoms with Crippen molar-refractivity contribution in [2.75, 3.05) is 44.8 Å². The van der Waals surface area contributed by atoms with Gasteiger partial charge in [-0.05, 0) is 42.8 Å². The van der Waals surface area contributed by atoms with E-state index in [0.717, 1.165) is 5.56 Å². The predicted molar refractivity (Wildman–Crippen MR) is 117 cm³/mol. The van der Waals surface area contributed by atoms with E-state index in [4.69, 9.17) is 19.5 Å². The first kappa shape index (κ1) is 23.5. The van der Waals surface area contributed by atoms with E-state index in [9.17, 15) is 13.2 Å². The smallest absolute Gasteiger partial charge is 0.262 e. The maximum Gasteiger partial charge on any atom is 0.262 e. The molecule has 0 unspecified atom stereocenters. The zero-order chi connectivity index (χ0) is 23.0. The molecule has 1 heterocycles. The Balaban J connectivity index is 1.71. The fourth-order valence-electron chi connectivity index (χ4n) is 3.11. The Morgan fingerprint density at radius 1 is 1.16 bits per heavy atom. The van der Waals surface area contributed by atoms with Crippen molar-refractivity contribution in [3.63, 3.8) is 0 Å². The highest BCUT2D eigenvalue weighted by Crippen LogP contribution is 2.29. The summed E-state index contributed by atoms with van der Waals surface area (Å²) in [6, 6.07) is 13.3. The monoisotopic (exact) mass is 459 g/mol. The van der Waals surface area contributed by atoms with Crippen LogP contribution in [0.3, 0.4) is 0 Å². The van der Waals surface area contributed by atoms with Crippen LogP contribution in [0.1, 0.15) is 12.5 Å². The van der Waals surface area contributed by atoms with Gasteiger partial charge in [0.2, 0.25) is 10.0 Å². The third-order valence-electron chi connectivity index (χ3n) is 4.71. The summed E-state index contributed by atoms with van der Waals surface area (Å²) in [6.45, 7) is 3.11. The summed E-state index contributed by atoms with van der Waals surface area (Å²) in [7, 11) is -3.72. The summed E-state index contributed by atoms with van der Waals surface area (Å²) in [5.41, 5.74) is 1.10. The number of carbonyl (C=O) groups excluding carboxylic acids is 1. The lowest BCUT2D eigenvalue weighted by atomic mass is 10.2. The van der Waals surface area contributed by atoms with Crippen molar-refractivity contribution in [3.8, 4) is 17.6 Å². The molecule has 0 saturated carbocycles. The van der Waals surface area contributed by atoms with E-state index in [1.165, 1.54) is 22.5 Å². The molecule has 0 aromatic heterocycles. The number of hydrogen-bond acceptors (Lipinski definition) is 7. The number of nitrogens with one attached hydrogen (secondary N) is 1. The van der Waals surface area contributed by atoms with Crippen LogP contribution in [0.4, 0.5) is 5.69 Å². The van der Waals surface area contributed by atoms with Gasteiger partial charge in [0.1, 0.15) is 11.5 Å². The summed E-state index contributed by atoms with van der Waals surface area (Å²) in [6.07, 6.45) is 0.296. The molecule has 2 aromatic rings. The van der Waals surface area contributed by atoms with Crippen molar-refractivity contribution in [3.05, 3.63) is 48.0 Å². The Labute approximate surface area is 187 Å². The number of morpholine rings is 1. The van der Waals surface area contributed by atoms with Crippen molar-refractivity contribution in [1.29, 1.82) is 5.26 Å². The number of nitriles is 1. The van der Waals surface area contributed by atoms with Crippen molar-refractivity contribution < 1.29 is 27.4 Å². The molecule has 0 spiro atoms. The number of benzene rings is 2. The van der Waals surface area contributed by atoms with Crippen LogP contribution >= 0.6 is 0 Å². The van der Waals surface area contributed by atoms with E-state index in [1.54, 1.807) is 31.2 Å². The van der Waals surface area contributed by atoms with Gasteiger partial charge in [-0.2, -0.15) is 9.57 Å². The molecule has 3 rings (SSSR count). The van der Waals surface area contributed by atoms with E-state index in [0.29, 0.717) is 37.7 Å². The van der Waals surface area contributed by atoms with Gasteiger partial charge in [-0.25, -0.2) is 8.42 Å². The standard InChI is InChI=1S/C22H25N3O6S/c1-2-30-21-8-7-19(32(27,28)25-11-13-29-14-12-25)15-20(21)24-22(26)16-31-18-5-3-17(4-6-18)9-10-23/h3-8,15H,2,9,11-14,16H2,1H3,(H,24,26). The van der Waals surface area contributed by atoms with E-state index in [2.05, 4.69) is 11.4 Å². The van der Waals surface area contributed by atoms with Gasteiger partial charge in [-0.1, -0.05) is 12.1 Å².